The van der Waals surface area contributed by atoms with Gasteiger partial charge in [0.1, 0.15) is 0 Å². The van der Waals surface area contributed by atoms with Gasteiger partial charge in [0.05, 0.1) is 0 Å². The maximum Gasteiger partial charge on any atom is 0.0308 e. The topological polar surface area (TPSA) is 0 Å². The predicted octanol–water partition coefficient (Wildman–Crippen LogP) is 6.99. The lowest BCUT2D eigenvalue weighted by Gasteiger charge is -2.28. The summed E-state index contributed by atoms with van der Waals surface area (Å²) in [7, 11) is 0. The first-order valence-corrected chi connectivity index (χ1v) is 9.18. The van der Waals surface area contributed by atoms with Crippen molar-refractivity contribution in [3.8, 4) is 0 Å². The molecule has 4 rings (SSSR count). The normalized spacial score (nSPS) is 16.8. The highest BCUT2D eigenvalue weighted by Gasteiger charge is 2.29. The molecule has 3 aromatic rings. The molecule has 1 aliphatic rings. The van der Waals surface area contributed by atoms with Crippen LogP contribution in [-0.4, -0.2) is 0 Å². The van der Waals surface area contributed by atoms with E-state index in [0.29, 0.717) is 5.92 Å². The third kappa shape index (κ3) is 2.52. The molecule has 1 unspecified atom stereocenters. The largest absolute Gasteiger partial charge is 0.0619 e. The molecule has 0 aliphatic heterocycles. The van der Waals surface area contributed by atoms with Crippen molar-refractivity contribution in [2.24, 2.45) is 0 Å². The molecule has 0 nitrogen and oxygen atoms in total. The fourth-order valence-electron chi connectivity index (χ4n) is 4.63. The van der Waals surface area contributed by atoms with Crippen molar-refractivity contribution in [3.63, 3.8) is 0 Å². The Bertz CT molecular complexity index is 996. The van der Waals surface area contributed by atoms with E-state index in [2.05, 4.69) is 95.3 Å². The van der Waals surface area contributed by atoms with Crippen LogP contribution in [0.1, 0.15) is 61.4 Å². The van der Waals surface area contributed by atoms with Gasteiger partial charge < -0.3 is 0 Å². The number of hydrogen-bond acceptors (Lipinski definition) is 0. The second kappa shape index (κ2) is 5.59. The summed E-state index contributed by atoms with van der Waals surface area (Å²) in [6, 6.07) is 20.1. The lowest BCUT2D eigenvalue weighted by Crippen LogP contribution is -2.16. The predicted molar refractivity (Wildman–Crippen MR) is 109 cm³/mol. The van der Waals surface area contributed by atoms with Crippen LogP contribution in [0.3, 0.4) is 0 Å². The van der Waals surface area contributed by atoms with Crippen molar-refractivity contribution in [2.75, 3.05) is 0 Å². The summed E-state index contributed by atoms with van der Waals surface area (Å²) in [6.07, 6.45) is 2.35. The van der Waals surface area contributed by atoms with Crippen LogP contribution in [0.2, 0.25) is 0 Å². The van der Waals surface area contributed by atoms with E-state index in [1.54, 1.807) is 0 Å². The second-order valence-corrected chi connectivity index (χ2v) is 8.39. The van der Waals surface area contributed by atoms with Crippen LogP contribution >= 0.6 is 0 Å². The van der Waals surface area contributed by atoms with E-state index < -0.39 is 0 Å². The Morgan fingerprint density at radius 2 is 1.48 bits per heavy atom. The molecule has 0 saturated carbocycles. The third-order valence-corrected chi connectivity index (χ3v) is 5.56. The van der Waals surface area contributed by atoms with Crippen molar-refractivity contribution < 1.29 is 0 Å². The van der Waals surface area contributed by atoms with Crippen LogP contribution in [-0.2, 0) is 5.41 Å². The molecule has 0 heteroatoms. The van der Waals surface area contributed by atoms with Crippen LogP contribution in [0, 0.1) is 6.92 Å². The van der Waals surface area contributed by atoms with Gasteiger partial charge in [0.25, 0.3) is 0 Å². The zero-order valence-electron chi connectivity index (χ0n) is 15.9. The molecule has 3 aromatic carbocycles. The molecule has 0 heterocycles. The molecule has 126 valence electrons. The number of rotatable bonds is 1. The smallest absolute Gasteiger partial charge is 0.0308 e. The molecule has 1 atom stereocenters. The van der Waals surface area contributed by atoms with E-state index in [0.717, 1.165) is 0 Å². The van der Waals surface area contributed by atoms with Crippen LogP contribution in [0.5, 0.6) is 0 Å². The Morgan fingerprint density at radius 1 is 0.800 bits per heavy atom. The highest BCUT2D eigenvalue weighted by molar-refractivity contribution is 5.89. The van der Waals surface area contributed by atoms with Crippen molar-refractivity contribution in [3.05, 3.63) is 88.0 Å². The van der Waals surface area contributed by atoms with Crippen molar-refractivity contribution in [2.45, 2.75) is 46.0 Å². The third-order valence-electron chi connectivity index (χ3n) is 5.56. The second-order valence-electron chi connectivity index (χ2n) is 8.39. The van der Waals surface area contributed by atoms with Crippen LogP contribution in [0.25, 0.3) is 16.8 Å². The molecule has 0 spiro atoms. The fraction of sp³-hybridized carbons (Fsp3) is 0.280. The Kier molecular flexibility index (Phi) is 3.61. The Morgan fingerprint density at radius 3 is 2.24 bits per heavy atom. The van der Waals surface area contributed by atoms with E-state index in [-0.39, 0.29) is 5.41 Å². The van der Waals surface area contributed by atoms with Gasteiger partial charge in [0.2, 0.25) is 0 Å². The summed E-state index contributed by atoms with van der Waals surface area (Å²) in [5.74, 6) is 0.377. The van der Waals surface area contributed by atoms with Crippen molar-refractivity contribution in [1.29, 1.82) is 0 Å². The SMILES string of the molecule is CC1=Cc2ccccc2C1c1cc2ccccc2c(C(C)(C)C)c1C. The lowest BCUT2D eigenvalue weighted by molar-refractivity contribution is 0.590. The minimum atomic E-state index is 0.120. The summed E-state index contributed by atoms with van der Waals surface area (Å²) < 4.78 is 0. The van der Waals surface area contributed by atoms with Gasteiger partial charge in [-0.2, -0.15) is 0 Å². The zero-order chi connectivity index (χ0) is 17.8. The summed E-state index contributed by atoms with van der Waals surface area (Å²) in [5.41, 5.74) is 8.77. The number of benzene rings is 3. The molecule has 0 amide bonds. The van der Waals surface area contributed by atoms with Gasteiger partial charge in [-0.15, -0.1) is 0 Å². The molecule has 25 heavy (non-hydrogen) atoms. The molecule has 1 aliphatic carbocycles. The van der Waals surface area contributed by atoms with E-state index in [1.165, 1.54) is 44.2 Å². The first-order chi connectivity index (χ1) is 11.9. The maximum atomic E-state index is 2.42. The Hall–Kier alpha value is -2.34. The minimum Gasteiger partial charge on any atom is -0.0619 e. The van der Waals surface area contributed by atoms with Crippen LogP contribution < -0.4 is 0 Å². The standard InChI is InChI=1S/C25H26/c1-16-14-18-10-6-8-12-20(18)23(16)22-15-19-11-7-9-13-21(19)24(17(22)2)25(3,4)5/h6-15,23H,1-5H3. The monoisotopic (exact) mass is 326 g/mol. The van der Waals surface area contributed by atoms with Gasteiger partial charge >= 0.3 is 0 Å². The first kappa shape index (κ1) is 16.1. The fourth-order valence-corrected chi connectivity index (χ4v) is 4.63. The van der Waals surface area contributed by atoms with E-state index in [9.17, 15) is 0 Å². The summed E-state index contributed by atoms with van der Waals surface area (Å²) in [5, 5.41) is 2.74. The lowest BCUT2D eigenvalue weighted by atomic mass is 9.76. The van der Waals surface area contributed by atoms with E-state index in [1.807, 2.05) is 0 Å². The molecular formula is C25H26. The van der Waals surface area contributed by atoms with Crippen LogP contribution in [0.4, 0.5) is 0 Å². The average Bonchev–Trinajstić information content (AvgIpc) is 2.88. The Balaban J connectivity index is 2.04. The van der Waals surface area contributed by atoms with Gasteiger partial charge in [0, 0.05) is 5.92 Å². The number of allylic oxidation sites excluding steroid dienone is 1. The molecule has 0 fully saturated rings. The highest BCUT2D eigenvalue weighted by atomic mass is 14.3. The average molecular weight is 326 g/mol. The van der Waals surface area contributed by atoms with Gasteiger partial charge in [-0.05, 0) is 63.9 Å². The molecule has 0 bridgehead atoms. The van der Waals surface area contributed by atoms with Gasteiger partial charge in [-0.1, -0.05) is 81.0 Å². The van der Waals surface area contributed by atoms with Crippen molar-refractivity contribution >= 4 is 16.8 Å². The van der Waals surface area contributed by atoms with Crippen LogP contribution in [0.15, 0.2) is 60.2 Å². The molecule has 0 aromatic heterocycles. The quantitative estimate of drug-likeness (QED) is 0.452. The van der Waals surface area contributed by atoms with Gasteiger partial charge in [-0.25, -0.2) is 0 Å². The summed E-state index contributed by atoms with van der Waals surface area (Å²) in [4.78, 5) is 0. The maximum absolute atomic E-state index is 2.42. The highest BCUT2D eigenvalue weighted by Crippen LogP contribution is 2.45. The molecule has 0 saturated heterocycles. The first-order valence-electron chi connectivity index (χ1n) is 9.18. The molecule has 0 radical (unpaired) electrons. The Labute approximate surface area is 151 Å². The summed E-state index contributed by atoms with van der Waals surface area (Å²) in [6.45, 7) is 11.6. The van der Waals surface area contributed by atoms with E-state index in [4.69, 9.17) is 0 Å². The van der Waals surface area contributed by atoms with Gasteiger partial charge in [0.15, 0.2) is 0 Å². The van der Waals surface area contributed by atoms with E-state index >= 15 is 0 Å². The summed E-state index contributed by atoms with van der Waals surface area (Å²) >= 11 is 0. The number of hydrogen-bond donors (Lipinski definition) is 0. The molecular weight excluding hydrogens is 300 g/mol. The minimum absolute atomic E-state index is 0.120. The molecule has 0 N–H and O–H groups in total. The van der Waals surface area contributed by atoms with Gasteiger partial charge in [-0.3, -0.25) is 0 Å². The van der Waals surface area contributed by atoms with Crippen molar-refractivity contribution in [1.82, 2.24) is 0 Å². The number of fused-ring (bicyclic) bond motifs is 2. The zero-order valence-corrected chi connectivity index (χ0v) is 15.9.